The minimum absolute atomic E-state index is 0.276. The second-order valence-corrected chi connectivity index (χ2v) is 5.67. The maximum Gasteiger partial charge on any atom is 0.259 e. The van der Waals surface area contributed by atoms with E-state index in [1.165, 1.54) is 0 Å². The number of hydrogen-bond acceptors (Lipinski definition) is 3. The maximum absolute atomic E-state index is 6.25. The second kappa shape index (κ2) is 6.34. The summed E-state index contributed by atoms with van der Waals surface area (Å²) < 4.78 is 5.63. The van der Waals surface area contributed by atoms with Crippen LogP contribution in [-0.2, 0) is 0 Å². The van der Waals surface area contributed by atoms with Gasteiger partial charge in [-0.25, -0.2) is 0 Å². The fourth-order valence-corrected chi connectivity index (χ4v) is 2.42. The molecule has 22 heavy (non-hydrogen) atoms. The van der Waals surface area contributed by atoms with Gasteiger partial charge in [-0.05, 0) is 42.8 Å². The van der Waals surface area contributed by atoms with Gasteiger partial charge in [0.25, 0.3) is 5.89 Å². The minimum Gasteiger partial charge on any atom is -0.415 e. The van der Waals surface area contributed by atoms with E-state index in [-0.39, 0.29) is 5.89 Å². The molecule has 0 radical (unpaired) electrons. The van der Waals surface area contributed by atoms with E-state index < -0.39 is 0 Å². The molecule has 3 aromatic rings. The SMILES string of the molecule is Cc1cccc(-c2nnc(/C(Cl)=C/c3cccc(Cl)c3)o2)c1. The molecule has 2 aromatic carbocycles. The van der Waals surface area contributed by atoms with Crippen LogP contribution in [0.25, 0.3) is 22.6 Å². The highest BCUT2D eigenvalue weighted by Gasteiger charge is 2.11. The summed E-state index contributed by atoms with van der Waals surface area (Å²) in [5.74, 6) is 0.717. The molecule has 0 aliphatic carbocycles. The Bertz CT molecular complexity index is 840. The molecule has 0 aliphatic rings. The topological polar surface area (TPSA) is 38.9 Å². The fraction of sp³-hybridized carbons (Fsp3) is 0.0588. The summed E-state index contributed by atoms with van der Waals surface area (Å²) in [5.41, 5.74) is 2.86. The number of aryl methyl sites for hydroxylation is 1. The third kappa shape index (κ3) is 3.38. The molecule has 0 aliphatic heterocycles. The Morgan fingerprint density at radius 1 is 1.09 bits per heavy atom. The molecule has 1 heterocycles. The van der Waals surface area contributed by atoms with E-state index in [1.807, 2.05) is 49.4 Å². The Balaban J connectivity index is 1.90. The standard InChI is InChI=1S/C17H12Cl2N2O/c1-11-4-2-6-13(8-11)16-20-21-17(22-16)15(19)10-12-5-3-7-14(18)9-12/h2-10H,1H3/b15-10-. The molecule has 0 spiro atoms. The fourth-order valence-electron chi connectivity index (χ4n) is 2.02. The van der Waals surface area contributed by atoms with E-state index in [9.17, 15) is 0 Å². The molecule has 0 atom stereocenters. The van der Waals surface area contributed by atoms with Crippen LogP contribution in [0.5, 0.6) is 0 Å². The molecule has 3 nitrogen and oxygen atoms in total. The number of aromatic nitrogens is 2. The van der Waals surface area contributed by atoms with Crippen molar-refractivity contribution in [2.75, 3.05) is 0 Å². The zero-order valence-electron chi connectivity index (χ0n) is 11.8. The van der Waals surface area contributed by atoms with Crippen LogP contribution in [0, 0.1) is 6.92 Å². The van der Waals surface area contributed by atoms with E-state index in [0.717, 1.165) is 16.7 Å². The highest BCUT2D eigenvalue weighted by molar-refractivity contribution is 6.50. The van der Waals surface area contributed by atoms with Crippen molar-refractivity contribution < 1.29 is 4.42 Å². The smallest absolute Gasteiger partial charge is 0.259 e. The van der Waals surface area contributed by atoms with Crippen molar-refractivity contribution in [2.24, 2.45) is 0 Å². The van der Waals surface area contributed by atoms with Gasteiger partial charge >= 0.3 is 0 Å². The third-order valence-electron chi connectivity index (χ3n) is 3.04. The van der Waals surface area contributed by atoms with Gasteiger partial charge in [0, 0.05) is 10.6 Å². The van der Waals surface area contributed by atoms with Crippen LogP contribution in [0.3, 0.4) is 0 Å². The lowest BCUT2D eigenvalue weighted by Gasteiger charge is -1.97. The van der Waals surface area contributed by atoms with Crippen molar-refractivity contribution in [1.29, 1.82) is 0 Å². The monoisotopic (exact) mass is 330 g/mol. The average molecular weight is 331 g/mol. The van der Waals surface area contributed by atoms with Gasteiger partial charge in [-0.2, -0.15) is 0 Å². The lowest BCUT2D eigenvalue weighted by atomic mass is 10.1. The second-order valence-electron chi connectivity index (χ2n) is 4.83. The lowest BCUT2D eigenvalue weighted by Crippen LogP contribution is -1.79. The summed E-state index contributed by atoms with van der Waals surface area (Å²) in [6.07, 6.45) is 1.74. The first-order chi connectivity index (χ1) is 10.6. The van der Waals surface area contributed by atoms with Crippen LogP contribution in [0.15, 0.2) is 52.9 Å². The van der Waals surface area contributed by atoms with Crippen LogP contribution < -0.4 is 0 Å². The highest BCUT2D eigenvalue weighted by atomic mass is 35.5. The predicted octanol–water partition coefficient (Wildman–Crippen LogP) is 5.44. The van der Waals surface area contributed by atoms with Crippen molar-refractivity contribution in [1.82, 2.24) is 10.2 Å². The first-order valence-electron chi connectivity index (χ1n) is 6.65. The number of halogens is 2. The van der Waals surface area contributed by atoms with Crippen molar-refractivity contribution in [2.45, 2.75) is 6.92 Å². The van der Waals surface area contributed by atoms with Gasteiger partial charge < -0.3 is 4.42 Å². The molecule has 1 aromatic heterocycles. The molecule has 5 heteroatoms. The van der Waals surface area contributed by atoms with Crippen molar-refractivity contribution >= 4 is 34.3 Å². The van der Waals surface area contributed by atoms with E-state index >= 15 is 0 Å². The number of benzene rings is 2. The summed E-state index contributed by atoms with van der Waals surface area (Å²) in [6, 6.07) is 15.2. The summed E-state index contributed by atoms with van der Waals surface area (Å²) in [5, 5.41) is 9.04. The van der Waals surface area contributed by atoms with Crippen molar-refractivity contribution in [3.05, 3.63) is 70.6 Å². The molecular weight excluding hydrogens is 319 g/mol. The lowest BCUT2D eigenvalue weighted by molar-refractivity contribution is 0.556. The molecular formula is C17H12Cl2N2O. The van der Waals surface area contributed by atoms with Crippen molar-refractivity contribution in [3.8, 4) is 11.5 Å². The van der Waals surface area contributed by atoms with Crippen LogP contribution in [-0.4, -0.2) is 10.2 Å². The minimum atomic E-state index is 0.276. The first-order valence-corrected chi connectivity index (χ1v) is 7.41. The summed E-state index contributed by atoms with van der Waals surface area (Å²) in [7, 11) is 0. The predicted molar refractivity (Wildman–Crippen MR) is 89.6 cm³/mol. The quantitative estimate of drug-likeness (QED) is 0.642. The maximum atomic E-state index is 6.25. The van der Waals surface area contributed by atoms with Gasteiger partial charge in [-0.15, -0.1) is 10.2 Å². The molecule has 110 valence electrons. The molecule has 0 saturated carbocycles. The Hall–Kier alpha value is -2.10. The third-order valence-corrected chi connectivity index (χ3v) is 3.54. The van der Waals surface area contributed by atoms with Gasteiger partial charge in [0.05, 0.1) is 0 Å². The number of hydrogen-bond donors (Lipinski definition) is 0. The van der Waals surface area contributed by atoms with Crippen LogP contribution >= 0.6 is 23.2 Å². The highest BCUT2D eigenvalue weighted by Crippen LogP contribution is 2.26. The molecule has 0 fully saturated rings. The van der Waals surface area contributed by atoms with Gasteiger partial charge in [0.2, 0.25) is 5.89 Å². The summed E-state index contributed by atoms with van der Waals surface area (Å²) in [4.78, 5) is 0. The molecule has 0 unspecified atom stereocenters. The molecule has 0 saturated heterocycles. The Morgan fingerprint density at radius 3 is 2.68 bits per heavy atom. The van der Waals surface area contributed by atoms with Crippen LogP contribution in [0.1, 0.15) is 17.0 Å². The van der Waals surface area contributed by atoms with Gasteiger partial charge in [-0.3, -0.25) is 0 Å². The van der Waals surface area contributed by atoms with E-state index in [2.05, 4.69) is 10.2 Å². The summed E-state index contributed by atoms with van der Waals surface area (Å²) in [6.45, 7) is 2.01. The zero-order valence-corrected chi connectivity index (χ0v) is 13.3. The van der Waals surface area contributed by atoms with Crippen LogP contribution in [0.2, 0.25) is 5.02 Å². The Kier molecular flexibility index (Phi) is 4.27. The van der Waals surface area contributed by atoms with Gasteiger partial charge in [0.1, 0.15) is 5.03 Å². The van der Waals surface area contributed by atoms with Gasteiger partial charge in [-0.1, -0.05) is 53.0 Å². The number of rotatable bonds is 3. The first kappa shape index (κ1) is 14.8. The average Bonchev–Trinajstić information content (AvgIpc) is 2.97. The van der Waals surface area contributed by atoms with Gasteiger partial charge in [0.15, 0.2) is 0 Å². The Morgan fingerprint density at radius 2 is 1.91 bits per heavy atom. The zero-order chi connectivity index (χ0) is 15.5. The normalized spacial score (nSPS) is 11.7. The molecule has 0 N–H and O–H groups in total. The molecule has 0 bridgehead atoms. The number of nitrogens with zero attached hydrogens (tertiary/aromatic N) is 2. The van der Waals surface area contributed by atoms with E-state index in [0.29, 0.717) is 15.9 Å². The Labute approximate surface area is 138 Å². The van der Waals surface area contributed by atoms with Crippen molar-refractivity contribution in [3.63, 3.8) is 0 Å². The largest absolute Gasteiger partial charge is 0.415 e. The van der Waals surface area contributed by atoms with Crippen LogP contribution in [0.4, 0.5) is 0 Å². The van der Waals surface area contributed by atoms with E-state index in [4.69, 9.17) is 27.6 Å². The van der Waals surface area contributed by atoms with E-state index in [1.54, 1.807) is 12.1 Å². The molecule has 3 rings (SSSR count). The summed E-state index contributed by atoms with van der Waals surface area (Å²) >= 11 is 12.2. The molecule has 0 amide bonds.